The van der Waals surface area contributed by atoms with E-state index in [1.807, 2.05) is 0 Å². The zero-order valence-electron chi connectivity index (χ0n) is 14.8. The molecule has 7 unspecified atom stereocenters. The Morgan fingerprint density at radius 3 is 2.74 bits per heavy atom. The third kappa shape index (κ3) is 2.19. The molecule has 1 aliphatic heterocycles. The lowest BCUT2D eigenvalue weighted by Crippen LogP contribution is -2.57. The molecule has 3 saturated carbocycles. The predicted molar refractivity (Wildman–Crippen MR) is 89.8 cm³/mol. The van der Waals surface area contributed by atoms with Gasteiger partial charge < -0.3 is 14.9 Å². The van der Waals surface area contributed by atoms with Crippen molar-refractivity contribution in [3.63, 3.8) is 0 Å². The molecule has 0 saturated heterocycles. The number of hydrogen-bond acceptors (Lipinski definition) is 3. The molecule has 4 aliphatic rings. The van der Waals surface area contributed by atoms with Crippen LogP contribution in [0.15, 0.2) is 11.6 Å². The summed E-state index contributed by atoms with van der Waals surface area (Å²) in [6, 6.07) is 0. The summed E-state index contributed by atoms with van der Waals surface area (Å²) in [5.74, 6) is 1.85. The van der Waals surface area contributed by atoms with E-state index >= 15 is 0 Å². The van der Waals surface area contributed by atoms with E-state index in [1.165, 1.54) is 24.8 Å². The number of fused-ring (bicyclic) bond motifs is 5. The molecule has 3 nitrogen and oxygen atoms in total. The standard InChI is InChI=1S/C20H32O3/c1-19(2)6-4-7-20(3)15-9-13-12(11-21)5-8-23-17(13)14(15)10-16(22)18(19)20/h5,13-18,21-22H,4,6-11H2,1-3H3. The smallest absolute Gasteiger partial charge is 0.0677 e. The summed E-state index contributed by atoms with van der Waals surface area (Å²) in [6.45, 7) is 7.95. The molecule has 0 aromatic rings. The van der Waals surface area contributed by atoms with Crippen LogP contribution < -0.4 is 0 Å². The van der Waals surface area contributed by atoms with Crippen LogP contribution in [0.2, 0.25) is 0 Å². The average Bonchev–Trinajstić information content (AvgIpc) is 2.85. The SMILES string of the molecule is CC1(C)CCCC2(C)C3CC4C(CO)=CCOC4C3CC(O)C12. The van der Waals surface area contributed by atoms with Crippen LogP contribution in [0.1, 0.15) is 52.9 Å². The van der Waals surface area contributed by atoms with Gasteiger partial charge in [0.05, 0.1) is 25.4 Å². The van der Waals surface area contributed by atoms with E-state index in [9.17, 15) is 10.2 Å². The van der Waals surface area contributed by atoms with Gasteiger partial charge in [-0.1, -0.05) is 33.3 Å². The van der Waals surface area contributed by atoms with Crippen molar-refractivity contribution >= 4 is 0 Å². The zero-order valence-corrected chi connectivity index (χ0v) is 14.8. The maximum absolute atomic E-state index is 11.0. The van der Waals surface area contributed by atoms with Crippen LogP contribution in [0.4, 0.5) is 0 Å². The van der Waals surface area contributed by atoms with E-state index < -0.39 is 0 Å². The summed E-state index contributed by atoms with van der Waals surface area (Å²) in [5, 5.41) is 20.8. The second-order valence-electron chi connectivity index (χ2n) is 9.48. The van der Waals surface area contributed by atoms with Gasteiger partial charge in [0.25, 0.3) is 0 Å². The first-order valence-corrected chi connectivity index (χ1v) is 9.48. The highest BCUT2D eigenvalue weighted by Gasteiger charge is 2.63. The first kappa shape index (κ1) is 16.1. The summed E-state index contributed by atoms with van der Waals surface area (Å²) in [5.41, 5.74) is 1.62. The summed E-state index contributed by atoms with van der Waals surface area (Å²) in [6.07, 6.45) is 7.84. The highest BCUT2D eigenvalue weighted by atomic mass is 16.5. The zero-order chi connectivity index (χ0) is 16.4. The van der Waals surface area contributed by atoms with Gasteiger partial charge in [0, 0.05) is 5.92 Å². The summed E-state index contributed by atoms with van der Waals surface area (Å²) >= 11 is 0. The molecule has 0 aromatic heterocycles. The van der Waals surface area contributed by atoms with E-state index in [0.717, 1.165) is 12.8 Å². The Morgan fingerprint density at radius 2 is 2.00 bits per heavy atom. The van der Waals surface area contributed by atoms with Crippen molar-refractivity contribution in [3.05, 3.63) is 11.6 Å². The quantitative estimate of drug-likeness (QED) is 0.730. The van der Waals surface area contributed by atoms with Gasteiger partial charge in [-0.25, -0.2) is 0 Å². The second-order valence-corrected chi connectivity index (χ2v) is 9.48. The molecular formula is C20H32O3. The molecule has 130 valence electrons. The summed E-state index contributed by atoms with van der Waals surface area (Å²) in [7, 11) is 0. The summed E-state index contributed by atoms with van der Waals surface area (Å²) < 4.78 is 6.13. The first-order chi connectivity index (χ1) is 10.9. The minimum atomic E-state index is -0.206. The van der Waals surface area contributed by atoms with Crippen molar-refractivity contribution < 1.29 is 14.9 Å². The molecule has 2 N–H and O–H groups in total. The predicted octanol–water partition coefficient (Wildman–Crippen LogP) is 3.15. The van der Waals surface area contributed by atoms with E-state index in [2.05, 4.69) is 26.8 Å². The van der Waals surface area contributed by atoms with Gasteiger partial charge in [0.1, 0.15) is 0 Å². The van der Waals surface area contributed by atoms with Crippen molar-refractivity contribution in [2.75, 3.05) is 13.2 Å². The van der Waals surface area contributed by atoms with Crippen LogP contribution in [0.25, 0.3) is 0 Å². The van der Waals surface area contributed by atoms with Gasteiger partial charge in [0.15, 0.2) is 0 Å². The molecule has 4 rings (SSSR count). The molecule has 0 spiro atoms. The third-order valence-corrected chi connectivity index (χ3v) is 7.97. The van der Waals surface area contributed by atoms with Crippen molar-refractivity contribution in [2.45, 2.75) is 65.1 Å². The van der Waals surface area contributed by atoms with Gasteiger partial charge in [0.2, 0.25) is 0 Å². The Kier molecular flexibility index (Phi) is 3.72. The molecule has 0 radical (unpaired) electrons. The maximum atomic E-state index is 11.0. The Hall–Kier alpha value is -0.380. The van der Waals surface area contributed by atoms with Crippen molar-refractivity contribution in [3.8, 4) is 0 Å². The van der Waals surface area contributed by atoms with E-state index in [4.69, 9.17) is 4.74 Å². The van der Waals surface area contributed by atoms with Crippen molar-refractivity contribution in [2.24, 2.45) is 34.5 Å². The largest absolute Gasteiger partial charge is 0.393 e. The molecule has 7 atom stereocenters. The molecule has 0 aromatic carbocycles. The monoisotopic (exact) mass is 320 g/mol. The lowest BCUT2D eigenvalue weighted by Gasteiger charge is -2.60. The van der Waals surface area contributed by atoms with Gasteiger partial charge >= 0.3 is 0 Å². The Bertz CT molecular complexity index is 511. The Morgan fingerprint density at radius 1 is 1.22 bits per heavy atom. The molecular weight excluding hydrogens is 288 g/mol. The van der Waals surface area contributed by atoms with Gasteiger partial charge in [-0.05, 0) is 59.8 Å². The van der Waals surface area contributed by atoms with Crippen LogP contribution in [0.5, 0.6) is 0 Å². The fraction of sp³-hybridized carbons (Fsp3) is 0.900. The van der Waals surface area contributed by atoms with Gasteiger partial charge in [-0.2, -0.15) is 0 Å². The molecule has 3 heteroatoms. The third-order valence-electron chi connectivity index (χ3n) is 7.97. The molecule has 3 aliphatic carbocycles. The minimum absolute atomic E-state index is 0.165. The Labute approximate surface area is 140 Å². The number of rotatable bonds is 1. The normalized spacial score (nSPS) is 51.4. The topological polar surface area (TPSA) is 49.7 Å². The molecule has 1 heterocycles. The molecule has 3 fully saturated rings. The molecule has 0 amide bonds. The highest BCUT2D eigenvalue weighted by molar-refractivity contribution is 5.21. The second kappa shape index (κ2) is 5.31. The van der Waals surface area contributed by atoms with E-state index in [0.29, 0.717) is 30.3 Å². The van der Waals surface area contributed by atoms with E-state index in [1.54, 1.807) is 0 Å². The van der Waals surface area contributed by atoms with Crippen LogP contribution in [0, 0.1) is 34.5 Å². The maximum Gasteiger partial charge on any atom is 0.0677 e. The fourth-order valence-corrected chi connectivity index (χ4v) is 7.29. The summed E-state index contributed by atoms with van der Waals surface area (Å²) in [4.78, 5) is 0. The number of ether oxygens (including phenoxy) is 1. The lowest BCUT2D eigenvalue weighted by atomic mass is 9.46. The van der Waals surface area contributed by atoms with E-state index in [-0.39, 0.29) is 29.6 Å². The van der Waals surface area contributed by atoms with Crippen LogP contribution in [0.3, 0.4) is 0 Å². The van der Waals surface area contributed by atoms with Crippen molar-refractivity contribution in [1.82, 2.24) is 0 Å². The molecule has 23 heavy (non-hydrogen) atoms. The minimum Gasteiger partial charge on any atom is -0.393 e. The molecule has 0 bridgehead atoms. The highest BCUT2D eigenvalue weighted by Crippen LogP contribution is 2.66. The first-order valence-electron chi connectivity index (χ1n) is 9.48. The average molecular weight is 320 g/mol. The Balaban J connectivity index is 1.71. The van der Waals surface area contributed by atoms with Crippen LogP contribution >= 0.6 is 0 Å². The van der Waals surface area contributed by atoms with Gasteiger partial charge in [-0.3, -0.25) is 0 Å². The van der Waals surface area contributed by atoms with Crippen molar-refractivity contribution in [1.29, 1.82) is 0 Å². The van der Waals surface area contributed by atoms with Crippen LogP contribution in [-0.4, -0.2) is 35.6 Å². The van der Waals surface area contributed by atoms with Crippen LogP contribution in [-0.2, 0) is 4.74 Å². The number of hydrogen-bond donors (Lipinski definition) is 2. The lowest BCUT2D eigenvalue weighted by molar-refractivity contribution is -0.165. The van der Waals surface area contributed by atoms with Gasteiger partial charge in [-0.15, -0.1) is 0 Å². The fourth-order valence-electron chi connectivity index (χ4n) is 7.29. The number of aliphatic hydroxyl groups is 2. The number of aliphatic hydroxyl groups excluding tert-OH is 2.